The Bertz CT molecular complexity index is 309. The maximum Gasteiger partial charge on any atom is 0.410 e. The Morgan fingerprint density at radius 2 is 1.89 bits per heavy atom. The summed E-state index contributed by atoms with van der Waals surface area (Å²) in [4.78, 5) is 14.2. The van der Waals surface area contributed by atoms with Crippen LogP contribution in [0.15, 0.2) is 0 Å². The lowest BCUT2D eigenvalue weighted by molar-refractivity contribution is -0.0118. The molecule has 1 saturated heterocycles. The predicted molar refractivity (Wildman–Crippen MR) is 71.3 cm³/mol. The summed E-state index contributed by atoms with van der Waals surface area (Å²) < 4.78 is 5.51. The number of nitrogens with zero attached hydrogens (tertiary/aromatic N) is 1. The second kappa shape index (κ2) is 5.08. The lowest BCUT2D eigenvalue weighted by Gasteiger charge is -2.47. The van der Waals surface area contributed by atoms with Gasteiger partial charge in [-0.3, -0.25) is 0 Å². The van der Waals surface area contributed by atoms with Crippen LogP contribution in [0.3, 0.4) is 0 Å². The molecule has 0 spiro atoms. The summed E-state index contributed by atoms with van der Waals surface area (Å²) in [7, 11) is 0. The maximum absolute atomic E-state index is 12.3. The highest BCUT2D eigenvalue weighted by atomic mass is 16.6. The van der Waals surface area contributed by atoms with Gasteiger partial charge in [-0.15, -0.1) is 0 Å². The van der Waals surface area contributed by atoms with Crippen molar-refractivity contribution in [2.75, 3.05) is 6.54 Å². The summed E-state index contributed by atoms with van der Waals surface area (Å²) in [5, 5.41) is 0. The second-order valence-corrected chi connectivity index (χ2v) is 6.66. The third kappa shape index (κ3) is 2.97. The summed E-state index contributed by atoms with van der Waals surface area (Å²) in [5.41, 5.74) is 5.80. The summed E-state index contributed by atoms with van der Waals surface area (Å²) in [6.07, 6.45) is 5.53. The lowest BCUT2D eigenvalue weighted by Crippen LogP contribution is -2.59. The Morgan fingerprint density at radius 3 is 2.56 bits per heavy atom. The van der Waals surface area contributed by atoms with Crippen LogP contribution in [-0.2, 0) is 4.74 Å². The van der Waals surface area contributed by atoms with Crippen molar-refractivity contribution in [1.82, 2.24) is 4.90 Å². The molecule has 2 fully saturated rings. The molecule has 4 nitrogen and oxygen atoms in total. The summed E-state index contributed by atoms with van der Waals surface area (Å²) >= 11 is 0. The van der Waals surface area contributed by atoms with Gasteiger partial charge in [-0.1, -0.05) is 6.42 Å². The molecule has 1 saturated carbocycles. The average molecular weight is 254 g/mol. The topological polar surface area (TPSA) is 55.6 Å². The first-order chi connectivity index (χ1) is 8.38. The molecule has 104 valence electrons. The molecule has 18 heavy (non-hydrogen) atoms. The van der Waals surface area contributed by atoms with Crippen LogP contribution >= 0.6 is 0 Å². The molecule has 2 aliphatic rings. The van der Waals surface area contributed by atoms with Gasteiger partial charge in [0.05, 0.1) is 6.04 Å². The number of hydrogen-bond donors (Lipinski definition) is 1. The average Bonchev–Trinajstić information content (AvgIpc) is 2.26. The van der Waals surface area contributed by atoms with Gasteiger partial charge in [0.25, 0.3) is 0 Å². The van der Waals surface area contributed by atoms with Crippen LogP contribution < -0.4 is 5.73 Å². The second-order valence-electron chi connectivity index (χ2n) is 6.66. The minimum atomic E-state index is -0.428. The van der Waals surface area contributed by atoms with Crippen LogP contribution in [0.25, 0.3) is 0 Å². The minimum absolute atomic E-state index is 0.122. The fourth-order valence-electron chi connectivity index (χ4n) is 3.31. The molecule has 1 aliphatic carbocycles. The molecule has 4 heteroatoms. The Morgan fingerprint density at radius 1 is 1.22 bits per heavy atom. The zero-order valence-electron chi connectivity index (χ0n) is 11.8. The van der Waals surface area contributed by atoms with Crippen LogP contribution in [0.1, 0.15) is 52.9 Å². The fraction of sp³-hybridized carbons (Fsp3) is 0.929. The highest BCUT2D eigenvalue weighted by Crippen LogP contribution is 2.35. The first-order valence-electron chi connectivity index (χ1n) is 7.14. The zero-order valence-corrected chi connectivity index (χ0v) is 11.8. The molecular formula is C14H26N2O2. The zero-order chi connectivity index (χ0) is 13.3. The van der Waals surface area contributed by atoms with E-state index >= 15 is 0 Å². The maximum atomic E-state index is 12.3. The van der Waals surface area contributed by atoms with E-state index < -0.39 is 5.60 Å². The Kier molecular flexibility index (Phi) is 3.85. The van der Waals surface area contributed by atoms with Gasteiger partial charge < -0.3 is 15.4 Å². The molecule has 1 amide bonds. The summed E-state index contributed by atoms with van der Waals surface area (Å²) in [5.74, 6) is 0.579. The van der Waals surface area contributed by atoms with Crippen molar-refractivity contribution in [3.63, 3.8) is 0 Å². The highest BCUT2D eigenvalue weighted by Gasteiger charge is 2.41. The normalized spacial score (nSPS) is 32.9. The van der Waals surface area contributed by atoms with Crippen LogP contribution in [-0.4, -0.2) is 35.2 Å². The fourth-order valence-corrected chi connectivity index (χ4v) is 3.31. The molecule has 3 atom stereocenters. The van der Waals surface area contributed by atoms with E-state index in [0.717, 1.165) is 19.4 Å². The third-order valence-corrected chi connectivity index (χ3v) is 4.00. The molecule has 3 unspecified atom stereocenters. The van der Waals surface area contributed by atoms with E-state index in [1.807, 2.05) is 25.7 Å². The van der Waals surface area contributed by atoms with Crippen LogP contribution in [0, 0.1) is 5.92 Å². The largest absolute Gasteiger partial charge is 0.444 e. The van der Waals surface area contributed by atoms with Gasteiger partial charge in [0.2, 0.25) is 0 Å². The predicted octanol–water partition coefficient (Wildman–Crippen LogP) is 2.51. The summed E-state index contributed by atoms with van der Waals surface area (Å²) in [6, 6.07) is 0.318. The van der Waals surface area contributed by atoms with E-state index in [9.17, 15) is 4.79 Å². The number of carbonyl (C=O) groups is 1. The van der Waals surface area contributed by atoms with Crippen molar-refractivity contribution in [1.29, 1.82) is 0 Å². The SMILES string of the molecule is CC(C)(C)OC(=O)N1CCCC2CCCC(N)C21. The molecule has 1 aliphatic heterocycles. The van der Waals surface area contributed by atoms with Crippen molar-refractivity contribution < 1.29 is 9.53 Å². The van der Waals surface area contributed by atoms with E-state index in [1.165, 1.54) is 19.3 Å². The van der Waals surface area contributed by atoms with Gasteiger partial charge in [0.1, 0.15) is 5.60 Å². The number of likely N-dealkylation sites (tertiary alicyclic amines) is 1. The van der Waals surface area contributed by atoms with Gasteiger partial charge in [0, 0.05) is 12.6 Å². The van der Waals surface area contributed by atoms with E-state index in [-0.39, 0.29) is 18.2 Å². The number of rotatable bonds is 0. The van der Waals surface area contributed by atoms with Crippen molar-refractivity contribution in [3.05, 3.63) is 0 Å². The van der Waals surface area contributed by atoms with Gasteiger partial charge >= 0.3 is 6.09 Å². The molecule has 0 aromatic rings. The van der Waals surface area contributed by atoms with Crippen molar-refractivity contribution in [3.8, 4) is 0 Å². The first kappa shape index (κ1) is 13.7. The van der Waals surface area contributed by atoms with Crippen molar-refractivity contribution in [2.24, 2.45) is 11.7 Å². The molecule has 0 radical (unpaired) electrons. The van der Waals surface area contributed by atoms with Crippen LogP contribution in [0.2, 0.25) is 0 Å². The van der Waals surface area contributed by atoms with Crippen LogP contribution in [0.4, 0.5) is 4.79 Å². The highest BCUT2D eigenvalue weighted by molar-refractivity contribution is 5.69. The number of hydrogen-bond acceptors (Lipinski definition) is 3. The molecular weight excluding hydrogens is 228 g/mol. The van der Waals surface area contributed by atoms with Crippen LogP contribution in [0.5, 0.6) is 0 Å². The first-order valence-corrected chi connectivity index (χ1v) is 7.14. The lowest BCUT2D eigenvalue weighted by atomic mass is 9.76. The molecule has 0 bridgehead atoms. The molecule has 0 aromatic heterocycles. The standard InChI is InChI=1S/C14H26N2O2/c1-14(2,3)18-13(17)16-9-5-7-10-6-4-8-11(15)12(10)16/h10-12H,4-9,15H2,1-3H3. The van der Waals surface area contributed by atoms with Crippen molar-refractivity contribution >= 4 is 6.09 Å². The monoisotopic (exact) mass is 254 g/mol. The number of piperidine rings is 1. The third-order valence-electron chi connectivity index (χ3n) is 4.00. The number of amides is 1. The number of fused-ring (bicyclic) bond motifs is 1. The number of carbonyl (C=O) groups excluding carboxylic acids is 1. The van der Waals surface area contributed by atoms with Crippen molar-refractivity contribution in [2.45, 2.75) is 70.6 Å². The van der Waals surface area contributed by atoms with E-state index in [2.05, 4.69) is 0 Å². The Labute approximate surface area is 110 Å². The molecule has 2 rings (SSSR count). The van der Waals surface area contributed by atoms with Gasteiger partial charge in [0.15, 0.2) is 0 Å². The van der Waals surface area contributed by atoms with E-state index in [1.54, 1.807) is 0 Å². The number of nitrogens with two attached hydrogens (primary N) is 1. The summed E-state index contributed by atoms with van der Waals surface area (Å²) in [6.45, 7) is 6.52. The smallest absolute Gasteiger partial charge is 0.410 e. The van der Waals surface area contributed by atoms with Gasteiger partial charge in [-0.05, 0) is 52.4 Å². The Hall–Kier alpha value is -0.770. The minimum Gasteiger partial charge on any atom is -0.444 e. The molecule has 0 aromatic carbocycles. The van der Waals surface area contributed by atoms with E-state index in [4.69, 9.17) is 10.5 Å². The Balaban J connectivity index is 2.08. The quantitative estimate of drug-likeness (QED) is 0.722. The molecule has 2 N–H and O–H groups in total. The van der Waals surface area contributed by atoms with E-state index in [0.29, 0.717) is 5.92 Å². The number of ether oxygens (including phenoxy) is 1. The van der Waals surface area contributed by atoms with Gasteiger partial charge in [-0.25, -0.2) is 4.79 Å². The molecule has 1 heterocycles. The van der Waals surface area contributed by atoms with Gasteiger partial charge in [-0.2, -0.15) is 0 Å².